The summed E-state index contributed by atoms with van der Waals surface area (Å²) in [5.41, 5.74) is 4.91. The molecule has 82 valence electrons. The molecule has 1 aromatic heterocycles. The molecule has 5 heteroatoms. The lowest BCUT2D eigenvalue weighted by molar-refractivity contribution is -0.144. The molecule has 1 atom stereocenters. The quantitative estimate of drug-likeness (QED) is 0.785. The van der Waals surface area contributed by atoms with Crippen LogP contribution >= 0.6 is 11.8 Å². The number of hydrogen-bond donors (Lipinski definition) is 2. The number of nitrogens with zero attached hydrogens (tertiary/aromatic N) is 1. The Morgan fingerprint density at radius 2 is 2.40 bits per heavy atom. The van der Waals surface area contributed by atoms with Crippen molar-refractivity contribution in [2.45, 2.75) is 12.0 Å². The van der Waals surface area contributed by atoms with E-state index in [4.69, 9.17) is 10.8 Å². The maximum atomic E-state index is 11.2. The van der Waals surface area contributed by atoms with E-state index in [1.807, 2.05) is 6.26 Å². The predicted molar refractivity (Wildman–Crippen MR) is 60.7 cm³/mol. The van der Waals surface area contributed by atoms with Crippen LogP contribution in [-0.2, 0) is 10.3 Å². The SMILES string of the molecule is CSCCC(N)(C(=O)O)c1ccccn1. The minimum Gasteiger partial charge on any atom is -0.480 e. The molecule has 1 unspecified atom stereocenters. The minimum atomic E-state index is -1.37. The third-order valence-corrected chi connectivity index (χ3v) is 2.82. The van der Waals surface area contributed by atoms with Gasteiger partial charge in [-0.25, -0.2) is 4.79 Å². The molecule has 0 aliphatic rings. The summed E-state index contributed by atoms with van der Waals surface area (Å²) in [4.78, 5) is 15.2. The Balaban J connectivity index is 2.96. The van der Waals surface area contributed by atoms with Crippen molar-refractivity contribution >= 4 is 17.7 Å². The summed E-state index contributed by atoms with van der Waals surface area (Å²) >= 11 is 1.57. The molecule has 4 nitrogen and oxygen atoms in total. The Morgan fingerprint density at radius 3 is 2.87 bits per heavy atom. The highest BCUT2D eigenvalue weighted by atomic mass is 32.2. The summed E-state index contributed by atoms with van der Waals surface area (Å²) in [7, 11) is 0. The van der Waals surface area contributed by atoms with E-state index in [9.17, 15) is 4.79 Å². The number of carboxylic acids is 1. The van der Waals surface area contributed by atoms with Crippen LogP contribution in [0, 0.1) is 0 Å². The molecule has 0 spiro atoms. The van der Waals surface area contributed by atoms with Gasteiger partial charge in [0.1, 0.15) is 0 Å². The van der Waals surface area contributed by atoms with Gasteiger partial charge >= 0.3 is 5.97 Å². The smallest absolute Gasteiger partial charge is 0.329 e. The molecule has 1 heterocycles. The zero-order valence-electron chi connectivity index (χ0n) is 8.51. The maximum absolute atomic E-state index is 11.2. The average Bonchev–Trinajstić information content (AvgIpc) is 2.27. The van der Waals surface area contributed by atoms with Gasteiger partial charge in [0, 0.05) is 6.20 Å². The van der Waals surface area contributed by atoms with E-state index in [1.54, 1.807) is 36.2 Å². The van der Waals surface area contributed by atoms with Crippen molar-refractivity contribution in [3.8, 4) is 0 Å². The first kappa shape index (κ1) is 12.0. The van der Waals surface area contributed by atoms with Crippen LogP contribution in [0.25, 0.3) is 0 Å². The Labute approximate surface area is 92.9 Å². The molecule has 0 fully saturated rings. The second-order valence-corrected chi connectivity index (χ2v) is 4.22. The number of carboxylic acid groups (broad SMARTS) is 1. The van der Waals surface area contributed by atoms with Crippen molar-refractivity contribution in [3.05, 3.63) is 30.1 Å². The molecule has 0 bridgehead atoms. The zero-order valence-corrected chi connectivity index (χ0v) is 9.33. The van der Waals surface area contributed by atoms with E-state index >= 15 is 0 Å². The Morgan fingerprint density at radius 1 is 1.67 bits per heavy atom. The van der Waals surface area contributed by atoms with Crippen molar-refractivity contribution in [3.63, 3.8) is 0 Å². The molecule has 0 saturated carbocycles. The number of aromatic nitrogens is 1. The van der Waals surface area contributed by atoms with Crippen LogP contribution in [0.4, 0.5) is 0 Å². The fraction of sp³-hybridized carbons (Fsp3) is 0.400. The number of carbonyl (C=O) groups is 1. The van der Waals surface area contributed by atoms with Crippen LogP contribution in [0.5, 0.6) is 0 Å². The van der Waals surface area contributed by atoms with Gasteiger partial charge in [0.2, 0.25) is 0 Å². The normalized spacial score (nSPS) is 14.5. The van der Waals surface area contributed by atoms with Gasteiger partial charge < -0.3 is 10.8 Å². The third-order valence-electron chi connectivity index (χ3n) is 2.20. The number of pyridine rings is 1. The number of nitrogens with two attached hydrogens (primary N) is 1. The largest absolute Gasteiger partial charge is 0.480 e. The standard InChI is InChI=1S/C10H14N2O2S/c1-15-7-5-10(11,9(13)14)8-4-2-3-6-12-8/h2-4,6H,5,7,11H2,1H3,(H,13,14). The highest BCUT2D eigenvalue weighted by Gasteiger charge is 2.36. The van der Waals surface area contributed by atoms with Gasteiger partial charge in [-0.15, -0.1) is 0 Å². The lowest BCUT2D eigenvalue weighted by Crippen LogP contribution is -2.46. The van der Waals surface area contributed by atoms with E-state index in [0.717, 1.165) is 0 Å². The van der Waals surface area contributed by atoms with Gasteiger partial charge in [-0.05, 0) is 30.6 Å². The van der Waals surface area contributed by atoms with Gasteiger partial charge in [0.15, 0.2) is 5.54 Å². The van der Waals surface area contributed by atoms with Crippen molar-refractivity contribution in [2.75, 3.05) is 12.0 Å². The molecule has 0 aliphatic carbocycles. The summed E-state index contributed by atoms with van der Waals surface area (Å²) in [5.74, 6) is -0.338. The van der Waals surface area contributed by atoms with E-state index in [1.165, 1.54) is 0 Å². The summed E-state index contributed by atoms with van der Waals surface area (Å²) < 4.78 is 0. The molecule has 0 saturated heterocycles. The highest BCUT2D eigenvalue weighted by molar-refractivity contribution is 7.98. The van der Waals surface area contributed by atoms with E-state index < -0.39 is 11.5 Å². The van der Waals surface area contributed by atoms with E-state index in [0.29, 0.717) is 17.9 Å². The molecular formula is C10H14N2O2S. The molecule has 15 heavy (non-hydrogen) atoms. The van der Waals surface area contributed by atoms with Gasteiger partial charge in [-0.3, -0.25) is 4.98 Å². The highest BCUT2D eigenvalue weighted by Crippen LogP contribution is 2.22. The second-order valence-electron chi connectivity index (χ2n) is 3.23. The van der Waals surface area contributed by atoms with Crippen LogP contribution in [0.1, 0.15) is 12.1 Å². The summed E-state index contributed by atoms with van der Waals surface area (Å²) in [6.07, 6.45) is 3.85. The van der Waals surface area contributed by atoms with E-state index in [-0.39, 0.29) is 0 Å². The average molecular weight is 226 g/mol. The topological polar surface area (TPSA) is 76.2 Å². The maximum Gasteiger partial charge on any atom is 0.329 e. The Hall–Kier alpha value is -1.07. The summed E-state index contributed by atoms with van der Waals surface area (Å²) in [5, 5.41) is 9.14. The second kappa shape index (κ2) is 5.14. The molecule has 0 aromatic carbocycles. The molecular weight excluding hydrogens is 212 g/mol. The zero-order chi connectivity index (χ0) is 11.3. The van der Waals surface area contributed by atoms with Crippen molar-refractivity contribution in [1.29, 1.82) is 0 Å². The van der Waals surface area contributed by atoms with Crippen molar-refractivity contribution < 1.29 is 9.90 Å². The monoisotopic (exact) mass is 226 g/mol. The number of aliphatic carboxylic acids is 1. The van der Waals surface area contributed by atoms with Crippen LogP contribution in [0.3, 0.4) is 0 Å². The first-order valence-corrected chi connectivity index (χ1v) is 5.93. The number of thioether (sulfide) groups is 1. The molecule has 0 amide bonds. The Bertz CT molecular complexity index is 331. The van der Waals surface area contributed by atoms with Gasteiger partial charge in [0.25, 0.3) is 0 Å². The molecule has 1 rings (SSSR count). The molecule has 0 radical (unpaired) electrons. The summed E-state index contributed by atoms with van der Waals surface area (Å²) in [6.45, 7) is 0. The lowest BCUT2D eigenvalue weighted by atomic mass is 9.93. The fourth-order valence-electron chi connectivity index (χ4n) is 1.23. The first-order chi connectivity index (χ1) is 7.11. The number of rotatable bonds is 5. The molecule has 0 aliphatic heterocycles. The van der Waals surface area contributed by atoms with Crippen LogP contribution in [-0.4, -0.2) is 28.1 Å². The fourth-order valence-corrected chi connectivity index (χ4v) is 1.76. The first-order valence-electron chi connectivity index (χ1n) is 4.54. The lowest BCUT2D eigenvalue weighted by Gasteiger charge is -2.23. The van der Waals surface area contributed by atoms with Crippen molar-refractivity contribution in [1.82, 2.24) is 4.98 Å². The minimum absolute atomic E-state index is 0.376. The molecule has 1 aromatic rings. The predicted octanol–water partition coefficient (Wildman–Crippen LogP) is 1.07. The van der Waals surface area contributed by atoms with Crippen LogP contribution in [0.15, 0.2) is 24.4 Å². The van der Waals surface area contributed by atoms with E-state index in [2.05, 4.69) is 4.98 Å². The van der Waals surface area contributed by atoms with Crippen LogP contribution in [0.2, 0.25) is 0 Å². The third kappa shape index (κ3) is 2.70. The van der Waals surface area contributed by atoms with Gasteiger partial charge in [-0.1, -0.05) is 6.07 Å². The summed E-state index contributed by atoms with van der Waals surface area (Å²) in [6, 6.07) is 5.13. The number of hydrogen-bond acceptors (Lipinski definition) is 4. The van der Waals surface area contributed by atoms with Crippen molar-refractivity contribution in [2.24, 2.45) is 5.73 Å². The Kier molecular flexibility index (Phi) is 4.11. The van der Waals surface area contributed by atoms with Gasteiger partial charge in [0.05, 0.1) is 5.69 Å². The molecule has 3 N–H and O–H groups in total. The van der Waals surface area contributed by atoms with Crippen LogP contribution < -0.4 is 5.73 Å². The van der Waals surface area contributed by atoms with Gasteiger partial charge in [-0.2, -0.15) is 11.8 Å².